The number of hydrogen-bond donors (Lipinski definition) is 4. The van der Waals surface area contributed by atoms with Crippen molar-refractivity contribution in [3.8, 4) is 0 Å². The van der Waals surface area contributed by atoms with Crippen LogP contribution in [0.2, 0.25) is 0 Å². The van der Waals surface area contributed by atoms with E-state index in [9.17, 15) is 24.0 Å². The molecule has 4 rings (SSSR count). The number of fused-ring (bicyclic) bond motifs is 1. The van der Waals surface area contributed by atoms with Crippen LogP contribution in [0.3, 0.4) is 0 Å². The SMILES string of the molecule is CC(C)(C)C(NC(=O)NC1=CC1)C(=O)N1CC2=C=CC2C1C(=O)NC(CC1CCC1)C(=O)C(=O)NP. The Kier molecular flexibility index (Phi) is 7.39. The second-order valence-electron chi connectivity index (χ2n) is 11.0. The van der Waals surface area contributed by atoms with Gasteiger partial charge in [-0.05, 0) is 33.2 Å². The second-order valence-corrected chi connectivity index (χ2v) is 11.3. The number of likely N-dealkylation sites (tertiary alicyclic amines) is 1. The summed E-state index contributed by atoms with van der Waals surface area (Å²) in [6.45, 7) is 5.75. The van der Waals surface area contributed by atoms with E-state index in [-0.39, 0.29) is 24.3 Å². The lowest BCUT2D eigenvalue weighted by Crippen LogP contribution is -2.60. The third-order valence-electron chi connectivity index (χ3n) is 7.27. The van der Waals surface area contributed by atoms with Crippen LogP contribution in [-0.4, -0.2) is 59.1 Å². The maximum atomic E-state index is 13.8. The van der Waals surface area contributed by atoms with E-state index in [1.165, 1.54) is 4.90 Å². The van der Waals surface area contributed by atoms with Crippen LogP contribution in [0, 0.1) is 17.3 Å². The molecule has 4 aliphatic rings. The van der Waals surface area contributed by atoms with Crippen LogP contribution in [0.4, 0.5) is 4.79 Å². The van der Waals surface area contributed by atoms with Crippen molar-refractivity contribution in [3.05, 3.63) is 29.2 Å². The van der Waals surface area contributed by atoms with E-state index in [1.807, 2.05) is 36.2 Å². The van der Waals surface area contributed by atoms with Crippen LogP contribution >= 0.6 is 9.39 Å². The Labute approximate surface area is 213 Å². The molecule has 194 valence electrons. The summed E-state index contributed by atoms with van der Waals surface area (Å²) in [4.78, 5) is 66.0. The number of carbonyl (C=O) groups is 5. The molecule has 0 aromatic rings. The van der Waals surface area contributed by atoms with Crippen LogP contribution < -0.4 is 21.0 Å². The first-order valence-corrected chi connectivity index (χ1v) is 12.9. The van der Waals surface area contributed by atoms with Crippen LogP contribution in [-0.2, 0) is 19.2 Å². The third kappa shape index (κ3) is 5.55. The van der Waals surface area contributed by atoms with Crippen LogP contribution in [0.25, 0.3) is 0 Å². The normalized spacial score (nSPS) is 23.6. The highest BCUT2D eigenvalue weighted by molar-refractivity contribution is 7.15. The van der Waals surface area contributed by atoms with Gasteiger partial charge in [-0.2, -0.15) is 0 Å². The highest BCUT2D eigenvalue weighted by atomic mass is 31.0. The molecule has 0 spiro atoms. The van der Waals surface area contributed by atoms with Crippen molar-refractivity contribution in [1.29, 1.82) is 0 Å². The van der Waals surface area contributed by atoms with Gasteiger partial charge in [0.25, 0.3) is 5.91 Å². The number of rotatable bonds is 9. The molecule has 10 nitrogen and oxygen atoms in total. The minimum Gasteiger partial charge on any atom is -0.344 e. The fraction of sp³-hybridized carbons (Fsp3) is 0.600. The van der Waals surface area contributed by atoms with Crippen molar-refractivity contribution < 1.29 is 24.0 Å². The number of allylic oxidation sites excluding steroid dienone is 2. The molecule has 0 aromatic heterocycles. The number of ketones is 1. The summed E-state index contributed by atoms with van der Waals surface area (Å²) in [6.07, 6.45) is 7.67. The number of nitrogens with one attached hydrogen (secondary N) is 4. The van der Waals surface area contributed by atoms with Gasteiger partial charge in [-0.1, -0.05) is 46.1 Å². The molecule has 5 amide bonds. The topological polar surface area (TPSA) is 137 Å². The van der Waals surface area contributed by atoms with E-state index >= 15 is 0 Å². The van der Waals surface area contributed by atoms with Gasteiger partial charge in [0.2, 0.25) is 17.6 Å². The molecule has 36 heavy (non-hydrogen) atoms. The van der Waals surface area contributed by atoms with Crippen molar-refractivity contribution in [1.82, 2.24) is 25.9 Å². The van der Waals surface area contributed by atoms with Gasteiger partial charge >= 0.3 is 6.03 Å². The standard InChI is InChI=1S/C25H34N5O5P/c1-25(2,3)20(28-24(35)26-15-8-9-15)23(34)30-12-14-7-10-16(14)18(30)21(32)27-17(11-13-5-4-6-13)19(31)22(33)29-36/h8,10,13,16-18,20H,4-6,9,11-12,36H2,1-3H3,(H,27,32)(H,29,33)(H2,26,28,35). The smallest absolute Gasteiger partial charge is 0.319 e. The minimum absolute atomic E-state index is 0.215. The maximum absolute atomic E-state index is 13.8. The summed E-state index contributed by atoms with van der Waals surface area (Å²) in [5.74, 6) is -2.41. The average Bonchev–Trinajstić information content (AvgIpc) is 3.54. The molecule has 1 saturated carbocycles. The molecular weight excluding hydrogens is 481 g/mol. The number of Topliss-reactive ketones (excluding diaryl/α,β-unsaturated/α-hetero) is 1. The van der Waals surface area contributed by atoms with Gasteiger partial charge in [0.1, 0.15) is 12.1 Å². The first-order chi connectivity index (χ1) is 17.0. The predicted molar refractivity (Wildman–Crippen MR) is 135 cm³/mol. The van der Waals surface area contributed by atoms with Crippen LogP contribution in [0.1, 0.15) is 52.9 Å². The van der Waals surface area contributed by atoms with E-state index in [4.69, 9.17) is 0 Å². The van der Waals surface area contributed by atoms with E-state index in [0.29, 0.717) is 12.8 Å². The van der Waals surface area contributed by atoms with E-state index in [2.05, 4.69) is 26.8 Å². The quantitative estimate of drug-likeness (QED) is 0.207. The predicted octanol–water partition coefficient (Wildman–Crippen LogP) is 1.06. The lowest BCUT2D eigenvalue weighted by atomic mass is 9.80. The molecule has 0 radical (unpaired) electrons. The summed E-state index contributed by atoms with van der Waals surface area (Å²) in [6, 6.07) is -3.21. The first kappa shape index (κ1) is 26.1. The molecule has 0 aromatic carbocycles. The molecule has 1 heterocycles. The largest absolute Gasteiger partial charge is 0.344 e. The Morgan fingerprint density at radius 2 is 1.86 bits per heavy atom. The van der Waals surface area contributed by atoms with E-state index < -0.39 is 47.2 Å². The summed E-state index contributed by atoms with van der Waals surface area (Å²) in [5, 5.41) is 10.5. The second kappa shape index (κ2) is 10.2. The molecule has 2 fully saturated rings. The van der Waals surface area contributed by atoms with Crippen molar-refractivity contribution >= 4 is 38.9 Å². The van der Waals surface area contributed by atoms with Gasteiger partial charge in [-0.15, -0.1) is 5.73 Å². The lowest BCUT2D eigenvalue weighted by molar-refractivity contribution is -0.144. The molecule has 0 bridgehead atoms. The van der Waals surface area contributed by atoms with Crippen molar-refractivity contribution in [2.45, 2.75) is 71.0 Å². The Balaban J connectivity index is 1.52. The van der Waals surface area contributed by atoms with Crippen LogP contribution in [0.15, 0.2) is 29.2 Å². The van der Waals surface area contributed by atoms with Crippen molar-refractivity contribution in [3.63, 3.8) is 0 Å². The molecule has 5 unspecified atom stereocenters. The van der Waals surface area contributed by atoms with Gasteiger partial charge in [-0.25, -0.2) is 4.79 Å². The number of urea groups is 1. The minimum atomic E-state index is -0.966. The zero-order valence-corrected chi connectivity index (χ0v) is 22.0. The molecule has 4 N–H and O–H groups in total. The maximum Gasteiger partial charge on any atom is 0.319 e. The molecule has 3 aliphatic carbocycles. The fourth-order valence-electron chi connectivity index (χ4n) is 4.79. The molecule has 5 atom stereocenters. The zero-order valence-electron chi connectivity index (χ0n) is 20.8. The van der Waals surface area contributed by atoms with Gasteiger partial charge in [-0.3, -0.25) is 19.2 Å². The number of amides is 5. The first-order valence-electron chi connectivity index (χ1n) is 12.4. The summed E-state index contributed by atoms with van der Waals surface area (Å²) in [5.41, 5.74) is 4.06. The average molecular weight is 516 g/mol. The summed E-state index contributed by atoms with van der Waals surface area (Å²) in [7, 11) is 2.01. The summed E-state index contributed by atoms with van der Waals surface area (Å²) >= 11 is 0. The zero-order chi connectivity index (χ0) is 26.2. The number of carbonyl (C=O) groups excluding carboxylic acids is 5. The number of hydrogen-bond acceptors (Lipinski definition) is 5. The Morgan fingerprint density at radius 3 is 2.36 bits per heavy atom. The molecule has 1 saturated heterocycles. The highest BCUT2D eigenvalue weighted by Gasteiger charge is 2.50. The highest BCUT2D eigenvalue weighted by Crippen LogP contribution is 2.37. The van der Waals surface area contributed by atoms with Gasteiger partial charge < -0.3 is 25.9 Å². The van der Waals surface area contributed by atoms with Gasteiger partial charge in [0.15, 0.2) is 0 Å². The van der Waals surface area contributed by atoms with Crippen molar-refractivity contribution in [2.75, 3.05) is 6.54 Å². The fourth-order valence-corrected chi connectivity index (χ4v) is 4.93. The lowest BCUT2D eigenvalue weighted by Gasteiger charge is -2.36. The Hall–Kier alpha value is -2.96. The van der Waals surface area contributed by atoms with Gasteiger partial charge in [0.05, 0.1) is 12.6 Å². The van der Waals surface area contributed by atoms with E-state index in [1.54, 1.807) is 6.08 Å². The Morgan fingerprint density at radius 1 is 1.17 bits per heavy atom. The van der Waals surface area contributed by atoms with Gasteiger partial charge in [0, 0.05) is 23.6 Å². The summed E-state index contributed by atoms with van der Waals surface area (Å²) < 4.78 is 0. The monoisotopic (exact) mass is 515 g/mol. The number of nitrogens with zero attached hydrogens (tertiary/aromatic N) is 1. The Bertz CT molecular complexity index is 1080. The third-order valence-corrected chi connectivity index (χ3v) is 7.53. The van der Waals surface area contributed by atoms with Crippen LogP contribution in [0.5, 0.6) is 0 Å². The molecular formula is C25H34N5O5P. The molecule has 11 heteroatoms. The van der Waals surface area contributed by atoms with E-state index in [0.717, 1.165) is 30.5 Å². The molecule has 1 aliphatic heterocycles. The van der Waals surface area contributed by atoms with Crippen molar-refractivity contribution in [2.24, 2.45) is 17.3 Å².